The second kappa shape index (κ2) is 6.85. The van der Waals surface area contributed by atoms with Crippen LogP contribution in [0.15, 0.2) is 36.5 Å². The Balaban J connectivity index is 1.56. The first-order chi connectivity index (χ1) is 11.4. The molecule has 4 nitrogen and oxygen atoms in total. The SMILES string of the molecule is c1ccc(-c2c[nH]c(C3CCCCN3N3CCCCC3)n2)cc1. The quantitative estimate of drug-likeness (QED) is 0.930. The summed E-state index contributed by atoms with van der Waals surface area (Å²) in [5, 5.41) is 5.17. The Morgan fingerprint density at radius 2 is 1.70 bits per heavy atom. The second-order valence-electron chi connectivity index (χ2n) is 6.73. The summed E-state index contributed by atoms with van der Waals surface area (Å²) >= 11 is 0. The van der Waals surface area contributed by atoms with E-state index in [0.717, 1.165) is 11.5 Å². The Hall–Kier alpha value is -1.65. The average molecular weight is 310 g/mol. The van der Waals surface area contributed by atoms with Gasteiger partial charge in [0, 0.05) is 31.4 Å². The normalized spacial score (nSPS) is 23.9. The zero-order valence-corrected chi connectivity index (χ0v) is 13.7. The van der Waals surface area contributed by atoms with E-state index in [1.165, 1.54) is 63.7 Å². The van der Waals surface area contributed by atoms with Crippen LogP contribution in [0.25, 0.3) is 11.3 Å². The van der Waals surface area contributed by atoms with Crippen molar-refractivity contribution in [2.75, 3.05) is 19.6 Å². The van der Waals surface area contributed by atoms with E-state index < -0.39 is 0 Å². The zero-order valence-electron chi connectivity index (χ0n) is 13.7. The van der Waals surface area contributed by atoms with Crippen LogP contribution in [0.5, 0.6) is 0 Å². The molecule has 0 amide bonds. The van der Waals surface area contributed by atoms with Crippen LogP contribution in [0.1, 0.15) is 50.4 Å². The molecule has 0 radical (unpaired) electrons. The van der Waals surface area contributed by atoms with Crippen LogP contribution >= 0.6 is 0 Å². The number of hydrogen-bond acceptors (Lipinski definition) is 3. The van der Waals surface area contributed by atoms with E-state index in [0.29, 0.717) is 6.04 Å². The van der Waals surface area contributed by atoms with Gasteiger partial charge in [0.05, 0.1) is 11.7 Å². The Morgan fingerprint density at radius 3 is 2.52 bits per heavy atom. The number of hydrazine groups is 1. The first kappa shape index (κ1) is 14.9. The highest BCUT2D eigenvalue weighted by molar-refractivity contribution is 5.58. The summed E-state index contributed by atoms with van der Waals surface area (Å²) in [6.45, 7) is 3.59. The minimum Gasteiger partial charge on any atom is -0.347 e. The van der Waals surface area contributed by atoms with Crippen LogP contribution in [0.3, 0.4) is 0 Å². The summed E-state index contributed by atoms with van der Waals surface area (Å²) in [5.41, 5.74) is 2.25. The van der Waals surface area contributed by atoms with Crippen molar-refractivity contribution >= 4 is 0 Å². The Morgan fingerprint density at radius 1 is 0.913 bits per heavy atom. The number of imidazole rings is 1. The van der Waals surface area contributed by atoms with Gasteiger partial charge in [0.2, 0.25) is 0 Å². The molecule has 2 aliphatic heterocycles. The number of aromatic amines is 1. The summed E-state index contributed by atoms with van der Waals surface area (Å²) in [4.78, 5) is 8.39. The minimum atomic E-state index is 0.416. The van der Waals surface area contributed by atoms with Gasteiger partial charge in [0.15, 0.2) is 0 Å². The molecule has 4 heteroatoms. The fourth-order valence-electron chi connectivity index (χ4n) is 3.93. The summed E-state index contributed by atoms with van der Waals surface area (Å²) in [5.74, 6) is 1.13. The predicted molar refractivity (Wildman–Crippen MR) is 92.7 cm³/mol. The van der Waals surface area contributed by atoms with E-state index in [4.69, 9.17) is 4.98 Å². The van der Waals surface area contributed by atoms with Gasteiger partial charge < -0.3 is 4.98 Å². The van der Waals surface area contributed by atoms with Crippen molar-refractivity contribution in [3.63, 3.8) is 0 Å². The van der Waals surface area contributed by atoms with Gasteiger partial charge in [0.1, 0.15) is 5.82 Å². The number of nitrogens with one attached hydrogen (secondary N) is 1. The van der Waals surface area contributed by atoms with Crippen molar-refractivity contribution in [2.45, 2.75) is 44.6 Å². The van der Waals surface area contributed by atoms with E-state index in [-0.39, 0.29) is 0 Å². The molecule has 0 aliphatic carbocycles. The lowest BCUT2D eigenvalue weighted by molar-refractivity contribution is -0.0924. The third kappa shape index (κ3) is 3.19. The first-order valence-corrected chi connectivity index (χ1v) is 9.04. The smallest absolute Gasteiger partial charge is 0.125 e. The third-order valence-electron chi connectivity index (χ3n) is 5.15. The molecule has 1 N–H and O–H groups in total. The molecule has 4 rings (SSSR count). The third-order valence-corrected chi connectivity index (χ3v) is 5.15. The van der Waals surface area contributed by atoms with E-state index in [2.05, 4.69) is 51.5 Å². The molecule has 0 saturated carbocycles. The van der Waals surface area contributed by atoms with Gasteiger partial charge in [0.25, 0.3) is 0 Å². The maximum atomic E-state index is 4.93. The second-order valence-corrected chi connectivity index (χ2v) is 6.73. The van der Waals surface area contributed by atoms with Gasteiger partial charge >= 0.3 is 0 Å². The molecular formula is C19H26N4. The Kier molecular flexibility index (Phi) is 4.44. The minimum absolute atomic E-state index is 0.416. The molecule has 2 fully saturated rings. The largest absolute Gasteiger partial charge is 0.347 e. The molecule has 3 heterocycles. The van der Waals surface area contributed by atoms with E-state index in [1.54, 1.807) is 0 Å². The number of aromatic nitrogens is 2. The molecule has 1 unspecified atom stereocenters. The van der Waals surface area contributed by atoms with E-state index in [1.807, 2.05) is 0 Å². The van der Waals surface area contributed by atoms with Gasteiger partial charge in [-0.2, -0.15) is 0 Å². The molecule has 122 valence electrons. The monoisotopic (exact) mass is 310 g/mol. The molecule has 1 aromatic carbocycles. The van der Waals surface area contributed by atoms with Crippen molar-refractivity contribution in [1.82, 2.24) is 20.0 Å². The molecule has 23 heavy (non-hydrogen) atoms. The lowest BCUT2D eigenvalue weighted by Crippen LogP contribution is -2.49. The van der Waals surface area contributed by atoms with Crippen molar-refractivity contribution in [1.29, 1.82) is 0 Å². The number of hydrogen-bond donors (Lipinski definition) is 1. The number of benzene rings is 1. The van der Waals surface area contributed by atoms with Crippen molar-refractivity contribution in [2.24, 2.45) is 0 Å². The standard InChI is InChI=1S/C19H26N4/c1-3-9-16(10-4-1)17-15-20-19(21-17)18-11-5-8-14-23(18)22-12-6-2-7-13-22/h1,3-4,9-10,15,18H,2,5-8,11-14H2,(H,20,21). The highest BCUT2D eigenvalue weighted by Crippen LogP contribution is 2.32. The number of rotatable bonds is 3. The first-order valence-electron chi connectivity index (χ1n) is 9.04. The van der Waals surface area contributed by atoms with Gasteiger partial charge in [-0.25, -0.2) is 15.0 Å². The Bertz CT molecular complexity index is 615. The van der Waals surface area contributed by atoms with Crippen LogP contribution in [-0.4, -0.2) is 39.6 Å². The van der Waals surface area contributed by atoms with Crippen LogP contribution in [0.2, 0.25) is 0 Å². The molecule has 0 bridgehead atoms. The molecule has 2 saturated heterocycles. The van der Waals surface area contributed by atoms with Crippen LogP contribution in [-0.2, 0) is 0 Å². The number of nitrogens with zero attached hydrogens (tertiary/aromatic N) is 3. The summed E-state index contributed by atoms with van der Waals surface area (Å²) in [6, 6.07) is 10.9. The topological polar surface area (TPSA) is 35.2 Å². The Labute approximate surface area is 138 Å². The van der Waals surface area contributed by atoms with E-state index >= 15 is 0 Å². The van der Waals surface area contributed by atoms with Crippen LogP contribution < -0.4 is 0 Å². The molecule has 0 spiro atoms. The van der Waals surface area contributed by atoms with Crippen molar-refractivity contribution < 1.29 is 0 Å². The van der Waals surface area contributed by atoms with Gasteiger partial charge in [-0.15, -0.1) is 0 Å². The lowest BCUT2D eigenvalue weighted by atomic mass is 10.0. The van der Waals surface area contributed by atoms with Gasteiger partial charge in [-0.05, 0) is 25.7 Å². The van der Waals surface area contributed by atoms with Gasteiger partial charge in [-0.1, -0.05) is 43.2 Å². The fraction of sp³-hybridized carbons (Fsp3) is 0.526. The molecular weight excluding hydrogens is 284 g/mol. The van der Waals surface area contributed by atoms with Crippen molar-refractivity contribution in [3.05, 3.63) is 42.4 Å². The predicted octanol–water partition coefficient (Wildman–Crippen LogP) is 4.00. The highest BCUT2D eigenvalue weighted by atomic mass is 15.6. The fourth-order valence-corrected chi connectivity index (χ4v) is 3.93. The van der Waals surface area contributed by atoms with Crippen LogP contribution in [0.4, 0.5) is 0 Å². The number of H-pyrrole nitrogens is 1. The molecule has 2 aromatic rings. The van der Waals surface area contributed by atoms with Crippen molar-refractivity contribution in [3.8, 4) is 11.3 Å². The summed E-state index contributed by atoms with van der Waals surface area (Å²) < 4.78 is 0. The maximum absolute atomic E-state index is 4.93. The molecule has 1 atom stereocenters. The molecule has 1 aromatic heterocycles. The highest BCUT2D eigenvalue weighted by Gasteiger charge is 2.31. The number of piperidine rings is 2. The lowest BCUT2D eigenvalue weighted by Gasteiger charge is -2.44. The molecule has 2 aliphatic rings. The van der Waals surface area contributed by atoms with E-state index in [9.17, 15) is 0 Å². The summed E-state index contributed by atoms with van der Waals surface area (Å²) in [7, 11) is 0. The average Bonchev–Trinajstić information content (AvgIpc) is 3.13. The zero-order chi connectivity index (χ0) is 15.5. The van der Waals surface area contributed by atoms with Gasteiger partial charge in [-0.3, -0.25) is 0 Å². The van der Waals surface area contributed by atoms with Crippen LogP contribution in [0, 0.1) is 0 Å². The maximum Gasteiger partial charge on any atom is 0.125 e. The summed E-state index contributed by atoms with van der Waals surface area (Å²) in [6.07, 6.45) is 9.92.